The molecule has 0 saturated carbocycles. The number of carbonyl (C=O) groups excluding carboxylic acids is 1. The summed E-state index contributed by atoms with van der Waals surface area (Å²) < 4.78 is 86.1. The number of hydrogen-bond acceptors (Lipinski definition) is 4. The summed E-state index contributed by atoms with van der Waals surface area (Å²) in [5.74, 6) is -1.62. The van der Waals surface area contributed by atoms with Crippen LogP contribution in [0.2, 0.25) is 10.0 Å². The molecular weight excluding hydrogens is 587 g/mol. The highest BCUT2D eigenvalue weighted by Gasteiger charge is 2.41. The lowest BCUT2D eigenvalue weighted by molar-refractivity contribution is -0.140. The molecule has 2 aliphatic heterocycles. The zero-order valence-corrected chi connectivity index (χ0v) is 23.0. The number of nitrogens with zero attached hydrogens (tertiary/aromatic N) is 4. The van der Waals surface area contributed by atoms with Gasteiger partial charge in [0.05, 0.1) is 15.6 Å². The van der Waals surface area contributed by atoms with E-state index in [-0.39, 0.29) is 63.8 Å². The summed E-state index contributed by atoms with van der Waals surface area (Å²) >= 11 is 12.3. The lowest BCUT2D eigenvalue weighted by Crippen LogP contribution is -2.53. The maximum Gasteiger partial charge on any atom is 0.419 e. The van der Waals surface area contributed by atoms with Gasteiger partial charge in [0.25, 0.3) is 0 Å². The third kappa shape index (κ3) is 6.77. The van der Waals surface area contributed by atoms with E-state index in [2.05, 4.69) is 0 Å². The molecule has 2 unspecified atom stereocenters. The van der Waals surface area contributed by atoms with E-state index in [1.54, 1.807) is 30.1 Å². The van der Waals surface area contributed by atoms with Gasteiger partial charge < -0.3 is 9.80 Å². The van der Waals surface area contributed by atoms with Crippen LogP contribution in [0.4, 0.5) is 22.4 Å². The van der Waals surface area contributed by atoms with E-state index >= 15 is 0 Å². The lowest BCUT2D eigenvalue weighted by atomic mass is 9.93. The van der Waals surface area contributed by atoms with E-state index in [1.807, 2.05) is 4.90 Å². The predicted molar refractivity (Wildman–Crippen MR) is 138 cm³/mol. The molecule has 15 heteroatoms. The predicted octanol–water partition coefficient (Wildman–Crippen LogP) is 4.59. The van der Waals surface area contributed by atoms with Crippen LogP contribution in [0.5, 0.6) is 0 Å². The second-order valence-electron chi connectivity index (χ2n) is 9.63. The second kappa shape index (κ2) is 11.4. The molecule has 214 valence electrons. The summed E-state index contributed by atoms with van der Waals surface area (Å²) in [4.78, 5) is 18.3. The van der Waals surface area contributed by atoms with Gasteiger partial charge in [0.1, 0.15) is 5.82 Å². The second-order valence-corrected chi connectivity index (χ2v) is 11.9. The smallest absolute Gasteiger partial charge is 0.322 e. The van der Waals surface area contributed by atoms with Crippen molar-refractivity contribution in [2.45, 2.75) is 24.7 Å². The monoisotopic (exact) mass is 612 g/mol. The van der Waals surface area contributed by atoms with Gasteiger partial charge >= 0.3 is 22.5 Å². The maximum atomic E-state index is 14.2. The number of amides is 2. The molecule has 2 atom stereocenters. The van der Waals surface area contributed by atoms with E-state index in [1.165, 1.54) is 11.0 Å². The highest BCUT2D eigenvalue weighted by molar-refractivity contribution is 7.83. The summed E-state index contributed by atoms with van der Waals surface area (Å²) in [5.41, 5.74) is -0.206. The molecule has 2 aliphatic rings. The van der Waals surface area contributed by atoms with E-state index < -0.39 is 27.9 Å². The molecule has 0 aliphatic carbocycles. The first-order valence-electron chi connectivity index (χ1n) is 11.9. The van der Waals surface area contributed by atoms with Crippen LogP contribution >= 0.6 is 23.2 Å². The zero-order chi connectivity index (χ0) is 28.7. The highest BCUT2D eigenvalue weighted by Crippen LogP contribution is 2.36. The van der Waals surface area contributed by atoms with Crippen molar-refractivity contribution < 1.29 is 35.3 Å². The molecule has 0 spiro atoms. The average Bonchev–Trinajstić information content (AvgIpc) is 3.30. The van der Waals surface area contributed by atoms with Crippen LogP contribution < -0.4 is 0 Å². The summed E-state index contributed by atoms with van der Waals surface area (Å²) in [6.45, 7) is 0.755. The molecule has 4 rings (SSSR count). The van der Waals surface area contributed by atoms with Gasteiger partial charge in [0.15, 0.2) is 0 Å². The topological polar surface area (TPSA) is 84.4 Å². The van der Waals surface area contributed by atoms with Crippen LogP contribution in [-0.2, 0) is 23.0 Å². The number of rotatable bonds is 5. The number of urea groups is 1. The number of benzene rings is 2. The van der Waals surface area contributed by atoms with Crippen molar-refractivity contribution >= 4 is 39.5 Å². The van der Waals surface area contributed by atoms with Crippen molar-refractivity contribution in [3.05, 3.63) is 69.0 Å². The molecule has 2 saturated heterocycles. The summed E-state index contributed by atoms with van der Waals surface area (Å²) in [7, 11) is -2.61. The first-order chi connectivity index (χ1) is 18.1. The minimum Gasteiger partial charge on any atom is -0.322 e. The van der Waals surface area contributed by atoms with Gasteiger partial charge in [0.2, 0.25) is 0 Å². The number of carbonyl (C=O) groups is 1. The average molecular weight is 613 g/mol. The van der Waals surface area contributed by atoms with E-state index in [0.29, 0.717) is 21.7 Å². The Morgan fingerprint density at radius 2 is 1.69 bits per heavy atom. The Kier molecular flexibility index (Phi) is 8.70. The van der Waals surface area contributed by atoms with Crippen LogP contribution in [0.25, 0.3) is 0 Å². The molecule has 2 aromatic rings. The van der Waals surface area contributed by atoms with Crippen molar-refractivity contribution in [2.75, 3.05) is 46.3 Å². The Hall–Kier alpha value is -2.16. The van der Waals surface area contributed by atoms with Gasteiger partial charge in [-0.05, 0) is 42.4 Å². The van der Waals surface area contributed by atoms with Gasteiger partial charge in [-0.2, -0.15) is 25.9 Å². The van der Waals surface area contributed by atoms with Gasteiger partial charge in [-0.25, -0.2) is 9.18 Å². The molecule has 2 fully saturated rings. The molecule has 0 aromatic heterocycles. The third-order valence-electron chi connectivity index (χ3n) is 7.10. The molecule has 1 N–H and O–H groups in total. The number of hydrogen-bond donors (Lipinski definition) is 1. The van der Waals surface area contributed by atoms with Crippen LogP contribution in [0.15, 0.2) is 36.4 Å². The summed E-state index contributed by atoms with van der Waals surface area (Å²) in [6.07, 6.45) is -4.80. The van der Waals surface area contributed by atoms with Gasteiger partial charge in [0, 0.05) is 57.8 Å². The van der Waals surface area contributed by atoms with E-state index in [9.17, 15) is 35.3 Å². The van der Waals surface area contributed by atoms with Crippen LogP contribution in [0, 0.1) is 5.82 Å². The van der Waals surface area contributed by atoms with Crippen molar-refractivity contribution in [1.29, 1.82) is 0 Å². The molecule has 2 aromatic carbocycles. The highest BCUT2D eigenvalue weighted by atomic mass is 35.5. The number of halogens is 6. The SMILES string of the molecule is CN(Cc1ccc(C(F)(F)F)c(F)c1)C1CN(C(=O)N2CCN(S(=O)(=O)O)CC2)CC1c1ccc(Cl)c(Cl)c1. The Labute approximate surface area is 233 Å². The van der Waals surface area contributed by atoms with Gasteiger partial charge in [-0.1, -0.05) is 35.3 Å². The van der Waals surface area contributed by atoms with Crippen LogP contribution in [0.1, 0.15) is 22.6 Å². The minimum atomic E-state index is -4.80. The first kappa shape index (κ1) is 29.8. The molecule has 2 heterocycles. The molecule has 0 bridgehead atoms. The largest absolute Gasteiger partial charge is 0.419 e. The fourth-order valence-corrected chi connectivity index (χ4v) is 5.99. The van der Waals surface area contributed by atoms with Crippen LogP contribution in [-0.4, -0.2) is 90.4 Å². The minimum absolute atomic E-state index is 0.0442. The first-order valence-corrected chi connectivity index (χ1v) is 14.1. The Balaban J connectivity index is 1.54. The molecule has 0 radical (unpaired) electrons. The third-order valence-corrected chi connectivity index (χ3v) is 8.86. The van der Waals surface area contributed by atoms with Crippen molar-refractivity contribution in [2.24, 2.45) is 0 Å². The number of likely N-dealkylation sites (tertiary alicyclic amines) is 1. The number of likely N-dealkylation sites (N-methyl/N-ethyl adjacent to an activating group) is 1. The van der Waals surface area contributed by atoms with E-state index in [0.717, 1.165) is 15.9 Å². The Morgan fingerprint density at radius 1 is 1.03 bits per heavy atom. The van der Waals surface area contributed by atoms with Crippen molar-refractivity contribution in [1.82, 2.24) is 19.0 Å². The Bertz CT molecular complexity index is 1340. The molecular formula is C24H26Cl2F4N4O4S. The maximum absolute atomic E-state index is 14.2. The molecule has 39 heavy (non-hydrogen) atoms. The Morgan fingerprint density at radius 3 is 2.26 bits per heavy atom. The summed E-state index contributed by atoms with van der Waals surface area (Å²) in [6, 6.07) is 7.31. The number of alkyl halides is 3. The molecule has 8 nitrogen and oxygen atoms in total. The van der Waals surface area contributed by atoms with Gasteiger partial charge in [-0.15, -0.1) is 0 Å². The van der Waals surface area contributed by atoms with Gasteiger partial charge in [-0.3, -0.25) is 9.45 Å². The lowest BCUT2D eigenvalue weighted by Gasteiger charge is -2.35. The van der Waals surface area contributed by atoms with E-state index in [4.69, 9.17) is 23.2 Å². The quantitative estimate of drug-likeness (QED) is 0.394. The normalized spacial score (nSPS) is 21.2. The standard InChI is InChI=1S/C24H26Cl2F4N4O4S/c1-31(12-15-2-4-18(21(27)10-15)24(28,29)30)22-14-33(13-17(22)16-3-5-19(25)20(26)11-16)23(35)32-6-8-34(9-7-32)39(36,37)38/h2-5,10-11,17,22H,6-9,12-14H2,1H3,(H,36,37,38). The number of piperazine rings is 1. The molecule has 2 amide bonds. The summed E-state index contributed by atoms with van der Waals surface area (Å²) in [5, 5.41) is 0.680. The fourth-order valence-electron chi connectivity index (χ4n) is 5.06. The van der Waals surface area contributed by atoms with Crippen molar-refractivity contribution in [3.63, 3.8) is 0 Å². The van der Waals surface area contributed by atoms with Crippen molar-refractivity contribution in [3.8, 4) is 0 Å². The fraction of sp³-hybridized carbons (Fsp3) is 0.458. The van der Waals surface area contributed by atoms with Crippen LogP contribution in [0.3, 0.4) is 0 Å². The zero-order valence-electron chi connectivity index (χ0n) is 20.7.